The lowest BCUT2D eigenvalue weighted by molar-refractivity contribution is -0.152. The SMILES string of the molecule is C=CC(=O)OC1CCCCC1OC(=O)NC1CCC(CC2CCC(NC(=O)OC3CCCCC3OC(=O)C=C)CC2)CC1. The van der Waals surface area contributed by atoms with Gasteiger partial charge in [-0.15, -0.1) is 0 Å². The minimum absolute atomic E-state index is 0.108. The maximum absolute atomic E-state index is 12.6. The van der Waals surface area contributed by atoms with Crippen LogP contribution in [-0.4, -0.2) is 60.6 Å². The Morgan fingerprint density at radius 1 is 0.512 bits per heavy atom. The molecule has 0 radical (unpaired) electrons. The minimum atomic E-state index is -0.482. The van der Waals surface area contributed by atoms with Crippen LogP contribution in [0.5, 0.6) is 0 Å². The van der Waals surface area contributed by atoms with Crippen molar-refractivity contribution < 1.29 is 38.1 Å². The molecule has 0 saturated heterocycles. The van der Waals surface area contributed by atoms with Crippen LogP contribution in [0.2, 0.25) is 0 Å². The van der Waals surface area contributed by atoms with E-state index in [1.807, 2.05) is 0 Å². The van der Waals surface area contributed by atoms with E-state index in [9.17, 15) is 19.2 Å². The molecule has 240 valence electrons. The summed E-state index contributed by atoms with van der Waals surface area (Å²) in [5.74, 6) is 0.334. The summed E-state index contributed by atoms with van der Waals surface area (Å²) < 4.78 is 22.2. The van der Waals surface area contributed by atoms with Crippen LogP contribution in [0.3, 0.4) is 0 Å². The Balaban J connectivity index is 1.10. The molecule has 0 heterocycles. The Kier molecular flexibility index (Phi) is 12.8. The summed E-state index contributed by atoms with van der Waals surface area (Å²) in [6.07, 6.45) is 15.6. The molecule has 0 aromatic rings. The highest BCUT2D eigenvalue weighted by Crippen LogP contribution is 2.36. The largest absolute Gasteiger partial charge is 0.455 e. The van der Waals surface area contributed by atoms with E-state index in [2.05, 4.69) is 23.8 Å². The number of nitrogens with one attached hydrogen (secondary N) is 2. The van der Waals surface area contributed by atoms with Crippen LogP contribution >= 0.6 is 0 Å². The van der Waals surface area contributed by atoms with Crippen molar-refractivity contribution in [2.75, 3.05) is 0 Å². The van der Waals surface area contributed by atoms with E-state index in [4.69, 9.17) is 18.9 Å². The molecule has 10 heteroatoms. The van der Waals surface area contributed by atoms with Gasteiger partial charge in [0.05, 0.1) is 0 Å². The Morgan fingerprint density at radius 2 is 0.837 bits per heavy atom. The number of carbonyl (C=O) groups excluding carboxylic acids is 4. The molecule has 0 spiro atoms. The third-order valence-corrected chi connectivity index (χ3v) is 9.67. The first-order valence-corrected chi connectivity index (χ1v) is 16.4. The molecule has 0 aromatic heterocycles. The number of ether oxygens (including phenoxy) is 4. The van der Waals surface area contributed by atoms with Gasteiger partial charge in [0.1, 0.15) is 24.4 Å². The number of hydrogen-bond acceptors (Lipinski definition) is 8. The van der Waals surface area contributed by atoms with Crippen molar-refractivity contribution >= 4 is 24.1 Å². The summed E-state index contributed by atoms with van der Waals surface area (Å²) in [7, 11) is 0. The first kappa shape index (κ1) is 32.9. The van der Waals surface area contributed by atoms with E-state index >= 15 is 0 Å². The number of esters is 2. The van der Waals surface area contributed by atoms with Gasteiger partial charge in [-0.2, -0.15) is 0 Å². The molecule has 4 atom stereocenters. The van der Waals surface area contributed by atoms with Crippen LogP contribution in [-0.2, 0) is 28.5 Å². The average Bonchev–Trinajstić information content (AvgIpc) is 3.01. The zero-order valence-electron chi connectivity index (χ0n) is 25.5. The Morgan fingerprint density at radius 3 is 1.16 bits per heavy atom. The number of hydrogen-bond donors (Lipinski definition) is 2. The predicted molar refractivity (Wildman–Crippen MR) is 160 cm³/mol. The monoisotopic (exact) mass is 602 g/mol. The summed E-state index contributed by atoms with van der Waals surface area (Å²) in [5.41, 5.74) is 0. The topological polar surface area (TPSA) is 129 Å². The zero-order valence-corrected chi connectivity index (χ0v) is 25.5. The van der Waals surface area contributed by atoms with Crippen LogP contribution in [0, 0.1) is 11.8 Å². The van der Waals surface area contributed by atoms with E-state index in [1.54, 1.807) is 0 Å². The molecule has 10 nitrogen and oxygen atoms in total. The van der Waals surface area contributed by atoms with Gasteiger partial charge in [-0.3, -0.25) is 0 Å². The lowest BCUT2D eigenvalue weighted by Crippen LogP contribution is -2.44. The average molecular weight is 603 g/mol. The van der Waals surface area contributed by atoms with Gasteiger partial charge in [-0.25, -0.2) is 19.2 Å². The summed E-state index contributed by atoms with van der Waals surface area (Å²) in [5, 5.41) is 6.09. The van der Waals surface area contributed by atoms with Crippen molar-refractivity contribution in [3.05, 3.63) is 25.3 Å². The molecule has 4 aliphatic rings. The van der Waals surface area contributed by atoms with E-state index < -0.39 is 48.5 Å². The normalized spacial score (nSPS) is 32.7. The Labute approximate surface area is 255 Å². The van der Waals surface area contributed by atoms with Gasteiger partial charge in [0.2, 0.25) is 0 Å². The summed E-state index contributed by atoms with van der Waals surface area (Å²) in [6, 6.07) is 0.216. The van der Waals surface area contributed by atoms with Gasteiger partial charge < -0.3 is 29.6 Å². The summed E-state index contributed by atoms with van der Waals surface area (Å²) in [4.78, 5) is 48.5. The smallest absolute Gasteiger partial charge is 0.407 e. The fourth-order valence-corrected chi connectivity index (χ4v) is 7.29. The Hall–Kier alpha value is -3.04. The lowest BCUT2D eigenvalue weighted by Gasteiger charge is -2.35. The van der Waals surface area contributed by atoms with E-state index in [1.165, 1.54) is 6.42 Å². The maximum atomic E-state index is 12.6. The van der Waals surface area contributed by atoms with Gasteiger partial charge in [-0.05, 0) is 121 Å². The maximum Gasteiger partial charge on any atom is 0.407 e. The van der Waals surface area contributed by atoms with Crippen LogP contribution in [0.1, 0.15) is 109 Å². The first-order chi connectivity index (χ1) is 20.8. The number of rotatable bonds is 10. The van der Waals surface area contributed by atoms with Crippen LogP contribution in [0.4, 0.5) is 9.59 Å². The minimum Gasteiger partial charge on any atom is -0.455 e. The van der Waals surface area contributed by atoms with Gasteiger partial charge in [-0.1, -0.05) is 13.2 Å². The molecule has 4 saturated carbocycles. The second-order valence-electron chi connectivity index (χ2n) is 12.8. The van der Waals surface area contributed by atoms with Gasteiger partial charge in [0.25, 0.3) is 0 Å². The van der Waals surface area contributed by atoms with E-state index in [-0.39, 0.29) is 12.1 Å². The Bertz CT molecular complexity index is 894. The number of amides is 2. The van der Waals surface area contributed by atoms with Crippen molar-refractivity contribution in [3.8, 4) is 0 Å². The van der Waals surface area contributed by atoms with Crippen molar-refractivity contribution in [3.63, 3.8) is 0 Å². The molecule has 4 rings (SSSR count). The third-order valence-electron chi connectivity index (χ3n) is 9.67. The van der Waals surface area contributed by atoms with E-state index in [0.29, 0.717) is 37.5 Å². The lowest BCUT2D eigenvalue weighted by atomic mass is 9.76. The summed E-state index contributed by atoms with van der Waals surface area (Å²) >= 11 is 0. The molecule has 2 N–H and O–H groups in total. The summed E-state index contributed by atoms with van der Waals surface area (Å²) in [6.45, 7) is 6.89. The van der Waals surface area contributed by atoms with Gasteiger partial charge >= 0.3 is 24.1 Å². The fraction of sp³-hybridized carbons (Fsp3) is 0.758. The van der Waals surface area contributed by atoms with Crippen molar-refractivity contribution in [2.24, 2.45) is 11.8 Å². The molecule has 4 aliphatic carbocycles. The van der Waals surface area contributed by atoms with Gasteiger partial charge in [0, 0.05) is 24.2 Å². The highest BCUT2D eigenvalue weighted by Gasteiger charge is 2.34. The molecule has 0 aromatic carbocycles. The zero-order chi connectivity index (χ0) is 30.6. The quantitative estimate of drug-likeness (QED) is 0.176. The van der Waals surface area contributed by atoms with E-state index in [0.717, 1.165) is 89.2 Å². The highest BCUT2D eigenvalue weighted by atomic mass is 16.6. The first-order valence-electron chi connectivity index (χ1n) is 16.4. The fourth-order valence-electron chi connectivity index (χ4n) is 7.29. The molecule has 0 aliphatic heterocycles. The standard InChI is InChI=1S/C33H50N2O8/c1-3-30(36)40-26-9-5-7-11-28(26)42-32(38)34-24-17-13-22(14-18-24)21-23-15-19-25(20-16-23)35-33(39)43-29-12-8-6-10-27(29)41-31(37)4-2/h3-4,22-29H,1-2,5-21H2,(H,34,38)(H,35,39). The van der Waals surface area contributed by atoms with Gasteiger partial charge in [0.15, 0.2) is 0 Å². The molecule has 4 fully saturated rings. The van der Waals surface area contributed by atoms with Crippen molar-refractivity contribution in [2.45, 2.75) is 146 Å². The van der Waals surface area contributed by atoms with Crippen LogP contribution in [0.25, 0.3) is 0 Å². The molecular weight excluding hydrogens is 552 g/mol. The molecule has 2 amide bonds. The van der Waals surface area contributed by atoms with Crippen LogP contribution in [0.15, 0.2) is 25.3 Å². The number of alkyl carbamates (subject to hydrolysis) is 2. The molecular formula is C33H50N2O8. The second-order valence-corrected chi connectivity index (χ2v) is 12.8. The van der Waals surface area contributed by atoms with Crippen molar-refractivity contribution in [1.82, 2.24) is 10.6 Å². The predicted octanol–water partition coefficient (Wildman–Crippen LogP) is 6.03. The molecule has 43 heavy (non-hydrogen) atoms. The third kappa shape index (κ3) is 10.6. The number of carbonyl (C=O) groups is 4. The van der Waals surface area contributed by atoms with Crippen molar-refractivity contribution in [1.29, 1.82) is 0 Å². The second kappa shape index (κ2) is 16.7. The van der Waals surface area contributed by atoms with Crippen LogP contribution < -0.4 is 10.6 Å². The highest BCUT2D eigenvalue weighted by molar-refractivity contribution is 5.81. The molecule has 4 unspecified atom stereocenters. The molecule has 0 bridgehead atoms.